The van der Waals surface area contributed by atoms with Crippen LogP contribution in [-0.2, 0) is 9.53 Å². The molecule has 0 saturated heterocycles. The predicted molar refractivity (Wildman–Crippen MR) is 75.6 cm³/mol. The van der Waals surface area contributed by atoms with Gasteiger partial charge in [0.15, 0.2) is 0 Å². The van der Waals surface area contributed by atoms with Crippen LogP contribution in [0, 0.1) is 5.92 Å². The second-order valence-corrected chi connectivity index (χ2v) is 5.16. The lowest BCUT2D eigenvalue weighted by molar-refractivity contribution is -0.141. The van der Waals surface area contributed by atoms with Gasteiger partial charge in [-0.15, -0.1) is 0 Å². The minimum atomic E-state index is -0.943. The molecule has 0 radical (unpaired) electrons. The van der Waals surface area contributed by atoms with Crippen molar-refractivity contribution in [2.75, 3.05) is 19.8 Å². The van der Waals surface area contributed by atoms with Crippen LogP contribution in [0.1, 0.15) is 45.4 Å². The van der Waals surface area contributed by atoms with E-state index in [0.29, 0.717) is 19.8 Å². The molecule has 0 aliphatic heterocycles. The molecule has 6 nitrogen and oxygen atoms in total. The molecule has 20 heavy (non-hydrogen) atoms. The van der Waals surface area contributed by atoms with Gasteiger partial charge in [-0.25, -0.2) is 9.59 Å². The molecule has 0 aromatic carbocycles. The number of urea groups is 1. The number of carbonyl (C=O) groups excluding carboxylic acids is 1. The van der Waals surface area contributed by atoms with Crippen molar-refractivity contribution in [1.82, 2.24) is 10.6 Å². The van der Waals surface area contributed by atoms with Crippen LogP contribution >= 0.6 is 0 Å². The third-order valence-corrected chi connectivity index (χ3v) is 3.63. The van der Waals surface area contributed by atoms with Gasteiger partial charge in [0.1, 0.15) is 6.04 Å². The third kappa shape index (κ3) is 6.23. The largest absolute Gasteiger partial charge is 0.480 e. The van der Waals surface area contributed by atoms with Crippen molar-refractivity contribution in [3.63, 3.8) is 0 Å². The van der Waals surface area contributed by atoms with Gasteiger partial charge in [-0.05, 0) is 32.1 Å². The van der Waals surface area contributed by atoms with Gasteiger partial charge < -0.3 is 20.5 Å². The van der Waals surface area contributed by atoms with E-state index in [1.54, 1.807) is 0 Å². The summed E-state index contributed by atoms with van der Waals surface area (Å²) < 4.78 is 5.16. The summed E-state index contributed by atoms with van der Waals surface area (Å²) in [6, 6.07) is -1.18. The molecule has 1 saturated carbocycles. The Morgan fingerprint density at radius 1 is 1.30 bits per heavy atom. The Balaban J connectivity index is 2.29. The Hall–Kier alpha value is -1.30. The molecule has 6 heteroatoms. The Labute approximate surface area is 120 Å². The summed E-state index contributed by atoms with van der Waals surface area (Å²) in [5.41, 5.74) is 0. The van der Waals surface area contributed by atoms with Crippen LogP contribution in [0.5, 0.6) is 0 Å². The third-order valence-electron chi connectivity index (χ3n) is 3.63. The van der Waals surface area contributed by atoms with Gasteiger partial charge in [0.2, 0.25) is 0 Å². The van der Waals surface area contributed by atoms with Crippen molar-refractivity contribution in [3.05, 3.63) is 0 Å². The molecule has 1 aliphatic rings. The van der Waals surface area contributed by atoms with E-state index in [1.807, 2.05) is 6.92 Å². The summed E-state index contributed by atoms with van der Waals surface area (Å²) in [5.74, 6) is -0.892. The van der Waals surface area contributed by atoms with Crippen LogP contribution in [0.2, 0.25) is 0 Å². The van der Waals surface area contributed by atoms with Gasteiger partial charge >= 0.3 is 12.0 Å². The fourth-order valence-corrected chi connectivity index (χ4v) is 2.56. The molecular formula is C14H26N2O4. The molecule has 0 spiro atoms. The predicted octanol–water partition coefficient (Wildman–Crippen LogP) is 1.75. The molecule has 0 bridgehead atoms. The second-order valence-electron chi connectivity index (χ2n) is 5.16. The molecule has 0 aromatic heterocycles. The summed E-state index contributed by atoms with van der Waals surface area (Å²) in [5, 5.41) is 14.5. The number of carbonyl (C=O) groups is 2. The lowest BCUT2D eigenvalue weighted by Crippen LogP contribution is -2.50. The first-order valence-electron chi connectivity index (χ1n) is 7.50. The monoisotopic (exact) mass is 286 g/mol. The van der Waals surface area contributed by atoms with E-state index in [-0.39, 0.29) is 5.92 Å². The van der Waals surface area contributed by atoms with Crippen LogP contribution in [0.15, 0.2) is 0 Å². The first-order valence-corrected chi connectivity index (χ1v) is 7.50. The second kappa shape index (κ2) is 9.58. The minimum Gasteiger partial charge on any atom is -0.480 e. The maximum atomic E-state index is 11.7. The summed E-state index contributed by atoms with van der Waals surface area (Å²) in [6.07, 6.45) is 5.73. The number of nitrogens with one attached hydrogen (secondary N) is 2. The van der Waals surface area contributed by atoms with E-state index in [9.17, 15) is 14.7 Å². The molecule has 1 rings (SSSR count). The Morgan fingerprint density at radius 2 is 2.00 bits per heavy atom. The smallest absolute Gasteiger partial charge is 0.326 e. The van der Waals surface area contributed by atoms with Crippen molar-refractivity contribution >= 4 is 12.0 Å². The van der Waals surface area contributed by atoms with Crippen LogP contribution < -0.4 is 10.6 Å². The fourth-order valence-electron chi connectivity index (χ4n) is 2.56. The quantitative estimate of drug-likeness (QED) is 0.593. The Bertz CT molecular complexity index is 304. The summed E-state index contributed by atoms with van der Waals surface area (Å²) in [4.78, 5) is 23.0. The lowest BCUT2D eigenvalue weighted by Gasteiger charge is -2.28. The topological polar surface area (TPSA) is 87.7 Å². The van der Waals surface area contributed by atoms with Gasteiger partial charge in [-0.3, -0.25) is 0 Å². The zero-order chi connectivity index (χ0) is 14.8. The molecule has 3 N–H and O–H groups in total. The standard InChI is InChI=1S/C14H26N2O4/c1-2-20-10-6-9-15-14(19)16-12(13(17)18)11-7-4-3-5-8-11/h11-12H,2-10H2,1H3,(H,17,18)(H2,15,16,19). The van der Waals surface area contributed by atoms with Gasteiger partial charge in [-0.1, -0.05) is 19.3 Å². The fraction of sp³-hybridized carbons (Fsp3) is 0.857. The number of ether oxygens (including phenoxy) is 1. The van der Waals surface area contributed by atoms with Gasteiger partial charge in [0, 0.05) is 19.8 Å². The van der Waals surface area contributed by atoms with Crippen molar-refractivity contribution in [1.29, 1.82) is 0 Å². The molecule has 116 valence electrons. The minimum absolute atomic E-state index is 0.0513. The van der Waals surface area contributed by atoms with E-state index < -0.39 is 18.0 Å². The highest BCUT2D eigenvalue weighted by Crippen LogP contribution is 2.26. The highest BCUT2D eigenvalue weighted by molar-refractivity contribution is 5.82. The lowest BCUT2D eigenvalue weighted by atomic mass is 9.84. The maximum absolute atomic E-state index is 11.7. The Morgan fingerprint density at radius 3 is 2.60 bits per heavy atom. The van der Waals surface area contributed by atoms with Crippen molar-refractivity contribution in [3.8, 4) is 0 Å². The number of aliphatic carboxylic acids is 1. The number of rotatable bonds is 8. The van der Waals surface area contributed by atoms with Crippen LogP contribution in [-0.4, -0.2) is 42.9 Å². The molecule has 1 fully saturated rings. The van der Waals surface area contributed by atoms with Crippen LogP contribution in [0.4, 0.5) is 4.79 Å². The molecule has 1 unspecified atom stereocenters. The van der Waals surface area contributed by atoms with Crippen molar-refractivity contribution < 1.29 is 19.4 Å². The van der Waals surface area contributed by atoms with Gasteiger partial charge in [0.05, 0.1) is 0 Å². The summed E-state index contributed by atoms with van der Waals surface area (Å²) >= 11 is 0. The molecule has 0 aromatic rings. The van der Waals surface area contributed by atoms with Gasteiger partial charge in [0.25, 0.3) is 0 Å². The van der Waals surface area contributed by atoms with Crippen LogP contribution in [0.3, 0.4) is 0 Å². The summed E-state index contributed by atoms with van der Waals surface area (Å²) in [7, 11) is 0. The molecule has 2 amide bonds. The molecule has 1 atom stereocenters. The van der Waals surface area contributed by atoms with E-state index in [0.717, 1.165) is 38.5 Å². The maximum Gasteiger partial charge on any atom is 0.326 e. The molecule has 1 aliphatic carbocycles. The van der Waals surface area contributed by atoms with E-state index >= 15 is 0 Å². The van der Waals surface area contributed by atoms with Crippen LogP contribution in [0.25, 0.3) is 0 Å². The number of hydrogen-bond acceptors (Lipinski definition) is 3. The van der Waals surface area contributed by atoms with Crippen molar-refractivity contribution in [2.45, 2.75) is 51.5 Å². The average Bonchev–Trinajstić information content (AvgIpc) is 2.45. The first kappa shape index (κ1) is 16.8. The van der Waals surface area contributed by atoms with Gasteiger partial charge in [-0.2, -0.15) is 0 Å². The zero-order valence-electron chi connectivity index (χ0n) is 12.2. The highest BCUT2D eigenvalue weighted by Gasteiger charge is 2.30. The number of carboxylic acid groups (broad SMARTS) is 1. The summed E-state index contributed by atoms with van der Waals surface area (Å²) in [6.45, 7) is 3.67. The number of hydrogen-bond donors (Lipinski definition) is 3. The SMILES string of the molecule is CCOCCCNC(=O)NC(C(=O)O)C1CCCCC1. The van der Waals surface area contributed by atoms with E-state index in [2.05, 4.69) is 10.6 Å². The zero-order valence-corrected chi connectivity index (χ0v) is 12.2. The van der Waals surface area contributed by atoms with E-state index in [1.165, 1.54) is 0 Å². The normalized spacial score (nSPS) is 17.4. The first-order chi connectivity index (χ1) is 9.65. The molecule has 0 heterocycles. The van der Waals surface area contributed by atoms with E-state index in [4.69, 9.17) is 4.74 Å². The molecular weight excluding hydrogens is 260 g/mol. The Kier molecular flexibility index (Phi) is 8.02. The average molecular weight is 286 g/mol. The highest BCUT2D eigenvalue weighted by atomic mass is 16.5. The number of carboxylic acids is 1. The number of amides is 2. The van der Waals surface area contributed by atoms with Crippen molar-refractivity contribution in [2.24, 2.45) is 5.92 Å².